The smallest absolute Gasteiger partial charge is 0.136 e. The molecule has 292 valence electrons. The zero-order valence-corrected chi connectivity index (χ0v) is 33.6. The summed E-state index contributed by atoms with van der Waals surface area (Å²) in [7, 11) is 0. The predicted octanol–water partition coefficient (Wildman–Crippen LogP) is 15.0. The molecular weight excluding hydrogens is 757 g/mol. The fourth-order valence-electron chi connectivity index (χ4n) is 9.02. The number of amidine groups is 2. The largest absolute Gasteiger partial charge is 0.456 e. The third-order valence-corrected chi connectivity index (χ3v) is 12.0. The second kappa shape index (κ2) is 14.8. The van der Waals surface area contributed by atoms with E-state index in [9.17, 15) is 0 Å². The Balaban J connectivity index is 0.962. The highest BCUT2D eigenvalue weighted by molar-refractivity contribution is 6.21. The van der Waals surface area contributed by atoms with E-state index in [-0.39, 0.29) is 0 Å². The van der Waals surface area contributed by atoms with Gasteiger partial charge in [-0.2, -0.15) is 0 Å². The average Bonchev–Trinajstić information content (AvgIpc) is 3.90. The van der Waals surface area contributed by atoms with E-state index in [1.165, 1.54) is 21.8 Å². The first kappa shape index (κ1) is 35.6. The molecule has 0 N–H and O–H groups in total. The van der Waals surface area contributed by atoms with Crippen molar-refractivity contribution < 1.29 is 4.42 Å². The minimum absolute atomic E-state index is 0.498. The summed E-state index contributed by atoms with van der Waals surface area (Å²) in [5.74, 6) is 1.25. The number of aromatic nitrogens is 1. The molecule has 3 heterocycles. The molecule has 0 aliphatic carbocycles. The number of hydrogen-bond donors (Lipinski definition) is 0. The van der Waals surface area contributed by atoms with Gasteiger partial charge in [-0.3, -0.25) is 4.99 Å². The highest BCUT2D eigenvalue weighted by Crippen LogP contribution is 2.41. The Morgan fingerprint density at radius 1 is 0.419 bits per heavy atom. The topological polar surface area (TPSA) is 56.9 Å². The monoisotopic (exact) mass is 793 g/mol. The molecule has 62 heavy (non-hydrogen) atoms. The fraction of sp³-hybridized carbons (Fsp3) is 0.0175. The number of nitrogens with zero attached hydrogens (tertiary/aromatic N) is 4. The molecule has 0 fully saturated rings. The van der Waals surface area contributed by atoms with Crippen molar-refractivity contribution in [3.63, 3.8) is 0 Å². The van der Waals surface area contributed by atoms with Crippen molar-refractivity contribution in [3.05, 3.63) is 240 Å². The lowest BCUT2D eigenvalue weighted by molar-refractivity contribution is 0.669. The summed E-state index contributed by atoms with van der Waals surface area (Å²) in [6, 6.07) is 76.5. The Bertz CT molecular complexity index is 3550. The van der Waals surface area contributed by atoms with E-state index in [1.54, 1.807) is 0 Å². The van der Waals surface area contributed by atoms with Gasteiger partial charge in [0.25, 0.3) is 0 Å². The van der Waals surface area contributed by atoms with E-state index in [0.717, 1.165) is 77.7 Å². The van der Waals surface area contributed by atoms with Gasteiger partial charge < -0.3 is 19.3 Å². The van der Waals surface area contributed by atoms with Crippen LogP contribution in [-0.2, 0) is 0 Å². The van der Waals surface area contributed by atoms with Crippen LogP contribution in [0.15, 0.2) is 233 Å². The molecule has 2 aromatic heterocycles. The van der Waals surface area contributed by atoms with E-state index in [4.69, 9.17) is 19.7 Å². The van der Waals surface area contributed by atoms with Gasteiger partial charge in [-0.1, -0.05) is 164 Å². The van der Waals surface area contributed by atoms with Crippen molar-refractivity contribution in [2.75, 3.05) is 0 Å². The van der Waals surface area contributed by atoms with Crippen LogP contribution in [-0.4, -0.2) is 16.2 Å². The number of furan rings is 1. The molecule has 5 heteroatoms. The molecule has 5 nitrogen and oxygen atoms in total. The summed E-state index contributed by atoms with van der Waals surface area (Å²) < 4.78 is 9.04. The fourth-order valence-corrected chi connectivity index (χ4v) is 9.02. The lowest BCUT2D eigenvalue weighted by Crippen LogP contribution is -2.16. The van der Waals surface area contributed by atoms with Crippen molar-refractivity contribution in [1.82, 2.24) is 4.57 Å². The first-order valence-electron chi connectivity index (χ1n) is 21.0. The summed E-state index contributed by atoms with van der Waals surface area (Å²) in [4.78, 5) is 10.4. The Morgan fingerprint density at radius 2 is 1.06 bits per heavy atom. The highest BCUT2D eigenvalue weighted by atomic mass is 16.3. The zero-order chi connectivity index (χ0) is 41.0. The quantitative estimate of drug-likeness (QED) is 0.159. The summed E-state index contributed by atoms with van der Waals surface area (Å²) in [5.41, 5.74) is 14.7. The molecule has 1 aliphatic heterocycles. The van der Waals surface area contributed by atoms with Gasteiger partial charge in [0.1, 0.15) is 11.2 Å². The number of fused-ring (bicyclic) bond motifs is 6. The molecule has 1 aliphatic rings. The Kier molecular flexibility index (Phi) is 8.49. The van der Waals surface area contributed by atoms with Gasteiger partial charge in [0.2, 0.25) is 0 Å². The van der Waals surface area contributed by atoms with Crippen LogP contribution in [0.2, 0.25) is 0 Å². The third-order valence-electron chi connectivity index (χ3n) is 12.0. The van der Waals surface area contributed by atoms with E-state index in [0.29, 0.717) is 11.7 Å². The Morgan fingerprint density at radius 3 is 1.87 bits per heavy atom. The Hall–Kier alpha value is -8.28. The predicted molar refractivity (Wildman–Crippen MR) is 256 cm³/mol. The van der Waals surface area contributed by atoms with Crippen LogP contribution in [0, 0.1) is 0 Å². The van der Waals surface area contributed by atoms with Crippen LogP contribution in [0.3, 0.4) is 0 Å². The maximum atomic E-state index is 6.69. The molecule has 0 saturated heterocycles. The maximum absolute atomic E-state index is 6.69. The number of para-hydroxylation sites is 2. The first-order valence-corrected chi connectivity index (χ1v) is 21.0. The van der Waals surface area contributed by atoms with Crippen molar-refractivity contribution in [3.8, 4) is 39.1 Å². The first-order chi connectivity index (χ1) is 30.7. The molecule has 1 atom stereocenters. The summed E-state index contributed by atoms with van der Waals surface area (Å²) in [6.45, 7) is 0. The molecule has 12 rings (SSSR count). The summed E-state index contributed by atoms with van der Waals surface area (Å²) in [6.07, 6.45) is -0.498. The van der Waals surface area contributed by atoms with Crippen LogP contribution >= 0.6 is 0 Å². The molecule has 0 radical (unpaired) electrons. The highest BCUT2D eigenvalue weighted by Gasteiger charge is 2.19. The molecule has 0 spiro atoms. The van der Waals surface area contributed by atoms with E-state index >= 15 is 0 Å². The minimum Gasteiger partial charge on any atom is -0.456 e. The van der Waals surface area contributed by atoms with E-state index in [1.807, 2.05) is 12.1 Å². The zero-order valence-electron chi connectivity index (χ0n) is 33.6. The lowest BCUT2D eigenvalue weighted by Gasteiger charge is -2.32. The van der Waals surface area contributed by atoms with Gasteiger partial charge in [-0.25, -0.2) is 0 Å². The normalized spacial score (nSPS) is 14.0. The molecule has 0 saturated carbocycles. The lowest BCUT2D eigenvalue weighted by atomic mass is 9.97. The van der Waals surface area contributed by atoms with Crippen LogP contribution < -0.4 is 0 Å². The molecule has 1 unspecified atom stereocenters. The van der Waals surface area contributed by atoms with Gasteiger partial charge >= 0.3 is 0 Å². The maximum Gasteiger partial charge on any atom is 0.136 e. The van der Waals surface area contributed by atoms with Gasteiger partial charge in [-0.05, 0) is 111 Å². The van der Waals surface area contributed by atoms with Crippen LogP contribution in [0.25, 0.3) is 88.1 Å². The summed E-state index contributed by atoms with van der Waals surface area (Å²) in [5, 5.41) is 9.79. The number of benzene rings is 9. The van der Waals surface area contributed by atoms with Gasteiger partial charge in [0, 0.05) is 27.2 Å². The van der Waals surface area contributed by atoms with Crippen molar-refractivity contribution in [2.24, 2.45) is 9.98 Å². The minimum atomic E-state index is -0.498. The van der Waals surface area contributed by atoms with Gasteiger partial charge in [0.15, 0.2) is 0 Å². The standard InChI is InChI=1S/C57H37N4O/c1-4-15-37(16-5-1)39-19-12-21-42(33-39)55-58-56(43-22-13-20-40(34-43)38-17-6-2-7-18-38)60-57(59-55)44-29-31-48-53(36-44)62-52-28-14-26-46(54(48)52)41-30-32-51-49(35-41)47-25-10-11-27-50(47)61(51)45-23-8-3-9-24-45/h1-36,55H/q-1. The number of rotatable bonds is 7. The number of aliphatic imine (C=N–C) groups is 2. The molecule has 0 amide bonds. The van der Waals surface area contributed by atoms with Gasteiger partial charge in [0.05, 0.1) is 23.0 Å². The van der Waals surface area contributed by atoms with Crippen molar-refractivity contribution in [2.45, 2.75) is 6.17 Å². The second-order valence-electron chi connectivity index (χ2n) is 15.7. The van der Waals surface area contributed by atoms with Crippen LogP contribution in [0.1, 0.15) is 22.9 Å². The Labute approximate surface area is 358 Å². The second-order valence-corrected chi connectivity index (χ2v) is 15.7. The molecule has 11 aromatic rings. The van der Waals surface area contributed by atoms with E-state index in [2.05, 4.69) is 211 Å². The van der Waals surface area contributed by atoms with Crippen molar-refractivity contribution in [1.29, 1.82) is 0 Å². The average molecular weight is 794 g/mol. The molecular formula is C57H37N4O-. The van der Waals surface area contributed by atoms with Crippen LogP contribution in [0.4, 0.5) is 0 Å². The van der Waals surface area contributed by atoms with Gasteiger partial charge in [-0.15, -0.1) is 0 Å². The summed E-state index contributed by atoms with van der Waals surface area (Å²) >= 11 is 0. The van der Waals surface area contributed by atoms with Crippen molar-refractivity contribution >= 4 is 55.4 Å². The molecule has 0 bridgehead atoms. The molecule has 9 aromatic carbocycles. The van der Waals surface area contributed by atoms with E-state index < -0.39 is 6.17 Å². The third kappa shape index (κ3) is 6.18. The number of hydrogen-bond acceptors (Lipinski definition) is 3. The SMILES string of the molecule is c1ccc(-c2cccc(C3=NC(c4cccc(-c5ccccc5)c4)[N-]C(c4ccc5c(c4)oc4cccc(-c6ccc7c(c6)c6ccccc6n7-c6ccccc6)c45)=N3)c2)cc1. The van der Waals surface area contributed by atoms with Crippen LogP contribution in [0.5, 0.6) is 0 Å².